The quantitative estimate of drug-likeness (QED) is 0.105. The summed E-state index contributed by atoms with van der Waals surface area (Å²) in [6, 6.07) is 115. The lowest BCUT2D eigenvalue weighted by Crippen LogP contribution is -1.85. The predicted molar refractivity (Wildman–Crippen MR) is 368 cm³/mol. The van der Waals surface area contributed by atoms with Crippen LogP contribution in [0.25, 0.3) is 172 Å². The van der Waals surface area contributed by atoms with Crippen LogP contribution in [-0.4, -0.2) is 0 Å². The van der Waals surface area contributed by atoms with Crippen LogP contribution in [0.4, 0.5) is 0 Å². The van der Waals surface area contributed by atoms with Crippen molar-refractivity contribution in [2.45, 2.75) is 0 Å². The van der Waals surface area contributed by atoms with Crippen LogP contribution < -0.4 is 0 Å². The normalized spacial score (nSPS) is 11.8. The molecule has 0 aliphatic carbocycles. The molecule has 0 spiro atoms. The summed E-state index contributed by atoms with van der Waals surface area (Å²) in [6.07, 6.45) is 0. The molecule has 84 heavy (non-hydrogen) atoms. The van der Waals surface area contributed by atoms with Crippen LogP contribution in [-0.2, 0) is 0 Å². The van der Waals surface area contributed by atoms with Gasteiger partial charge in [-0.2, -0.15) is 0 Å². The fraction of sp³-hybridized carbons (Fsp3) is 0. The largest absolute Gasteiger partial charge is 0.0616 e. The molecule has 0 heterocycles. The first-order chi connectivity index (χ1) is 41.6. The number of hydrogen-bond acceptors (Lipinski definition) is 0. The number of hydrogen-bond donors (Lipinski definition) is 0. The molecule has 20 aromatic carbocycles. The third-order valence-corrected chi connectivity index (χ3v) is 17.9. The first-order valence-corrected chi connectivity index (χ1v) is 29.2. The summed E-state index contributed by atoms with van der Waals surface area (Å²) in [4.78, 5) is 0. The van der Waals surface area contributed by atoms with Gasteiger partial charge in [0.1, 0.15) is 0 Å². The maximum Gasteiger partial charge on any atom is -0.00264 e. The highest BCUT2D eigenvalue weighted by Gasteiger charge is 2.14. The van der Waals surface area contributed by atoms with Crippen LogP contribution in [0.3, 0.4) is 0 Å². The minimum Gasteiger partial charge on any atom is -0.0616 e. The van der Waals surface area contributed by atoms with Gasteiger partial charge in [-0.1, -0.05) is 267 Å². The third-order valence-electron chi connectivity index (χ3n) is 17.9. The Hall–Kier alpha value is -10.9. The van der Waals surface area contributed by atoms with E-state index in [0.717, 1.165) is 0 Å². The van der Waals surface area contributed by atoms with Crippen LogP contribution in [0.1, 0.15) is 0 Å². The van der Waals surface area contributed by atoms with Gasteiger partial charge >= 0.3 is 0 Å². The highest BCUT2D eigenvalue weighted by atomic mass is 14.2. The highest BCUT2D eigenvalue weighted by Crippen LogP contribution is 2.42. The van der Waals surface area contributed by atoms with Crippen LogP contribution in [0.5, 0.6) is 0 Å². The standard InChI is InChI=1S/2C22H14.2C20H12/c2*1-3-7-17-13-21-19(11-15(17)5-1)9-10-20-12-16-6-2-4-8-18(16)14-22(20)21;2*1-5-13-6-2-11-17-18-12-4-8-14-7-3-10-16(20(14)18)15(9-1)19(13)17/h2*1-14H;2*1-12H. The SMILES string of the molecule is c1cc2cccc3c4cccc5cccc(c(c1)c23)c54.c1cc2cccc3c4cccc5cccc(c(c1)c23)c54.c1ccc2cc3c(ccc4cc5ccccc5cc43)cc2c1.c1ccc2cc3c(ccc4cc5ccccc5cc43)cc2c1. The Labute approximate surface area is 484 Å². The smallest absolute Gasteiger partial charge is 0.00264 e. The van der Waals surface area contributed by atoms with Crippen molar-refractivity contribution in [2.24, 2.45) is 0 Å². The average molecular weight is 1060 g/mol. The summed E-state index contributed by atoms with van der Waals surface area (Å²) in [7, 11) is 0. The van der Waals surface area contributed by atoms with Gasteiger partial charge in [0.2, 0.25) is 0 Å². The van der Waals surface area contributed by atoms with E-state index in [-0.39, 0.29) is 0 Å². The van der Waals surface area contributed by atoms with E-state index < -0.39 is 0 Å². The fourth-order valence-corrected chi connectivity index (χ4v) is 14.0. The molecule has 0 unspecified atom stereocenters. The number of rotatable bonds is 0. The monoisotopic (exact) mass is 1060 g/mol. The van der Waals surface area contributed by atoms with E-state index in [9.17, 15) is 0 Å². The number of benzene rings is 20. The number of fused-ring (bicyclic) bond motifs is 14. The second-order valence-corrected chi connectivity index (χ2v) is 22.7. The van der Waals surface area contributed by atoms with Crippen LogP contribution in [0.15, 0.2) is 315 Å². The van der Waals surface area contributed by atoms with Gasteiger partial charge in [-0.05, 0) is 221 Å². The van der Waals surface area contributed by atoms with Crippen molar-refractivity contribution >= 4 is 172 Å². The van der Waals surface area contributed by atoms with E-state index in [1.807, 2.05) is 0 Å². The van der Waals surface area contributed by atoms with Crippen LogP contribution in [0.2, 0.25) is 0 Å². The van der Waals surface area contributed by atoms with E-state index in [4.69, 9.17) is 0 Å². The zero-order valence-corrected chi connectivity index (χ0v) is 46.0. The van der Waals surface area contributed by atoms with E-state index in [1.54, 1.807) is 0 Å². The molecular weight excluding hydrogens is 1010 g/mol. The molecule has 0 aliphatic rings. The van der Waals surface area contributed by atoms with Gasteiger partial charge in [0, 0.05) is 0 Å². The topological polar surface area (TPSA) is 0 Å². The first kappa shape index (κ1) is 47.8. The van der Waals surface area contributed by atoms with Crippen molar-refractivity contribution in [2.75, 3.05) is 0 Å². The van der Waals surface area contributed by atoms with E-state index >= 15 is 0 Å². The van der Waals surface area contributed by atoms with E-state index in [0.29, 0.717) is 0 Å². The Morgan fingerprint density at radius 1 is 0.0952 bits per heavy atom. The fourth-order valence-electron chi connectivity index (χ4n) is 14.0. The Bertz CT molecular complexity index is 5090. The molecule has 0 radical (unpaired) electrons. The average Bonchev–Trinajstić information content (AvgIpc) is 2.04. The maximum atomic E-state index is 2.32. The van der Waals surface area contributed by atoms with Gasteiger partial charge in [0.25, 0.3) is 0 Å². The van der Waals surface area contributed by atoms with Crippen LogP contribution >= 0.6 is 0 Å². The van der Waals surface area contributed by atoms with Gasteiger partial charge in [-0.25, -0.2) is 0 Å². The zero-order valence-electron chi connectivity index (χ0n) is 46.0. The molecule has 0 amide bonds. The van der Waals surface area contributed by atoms with Gasteiger partial charge in [0.05, 0.1) is 0 Å². The molecular formula is C84H52. The summed E-state index contributed by atoms with van der Waals surface area (Å²) in [5.74, 6) is 0. The molecule has 388 valence electrons. The van der Waals surface area contributed by atoms with Crippen molar-refractivity contribution in [1.82, 2.24) is 0 Å². The molecule has 0 heteroatoms. The second kappa shape index (κ2) is 19.4. The Balaban J connectivity index is 0.0000000883. The molecule has 0 N–H and O–H groups in total. The predicted octanol–water partition coefficient (Wildman–Crippen LogP) is 24.1. The minimum absolute atomic E-state index is 1.30. The van der Waals surface area contributed by atoms with Crippen molar-refractivity contribution in [3.8, 4) is 0 Å². The molecule has 0 saturated carbocycles. The molecule has 0 saturated heterocycles. The maximum absolute atomic E-state index is 2.32. The lowest BCUT2D eigenvalue weighted by molar-refractivity contribution is 1.78. The molecule has 0 bridgehead atoms. The summed E-state index contributed by atoms with van der Waals surface area (Å²) < 4.78 is 0. The molecule has 0 atom stereocenters. The van der Waals surface area contributed by atoms with Crippen molar-refractivity contribution in [1.29, 1.82) is 0 Å². The van der Waals surface area contributed by atoms with Gasteiger partial charge in [-0.3, -0.25) is 0 Å². The van der Waals surface area contributed by atoms with Gasteiger partial charge in [0.15, 0.2) is 0 Å². The Morgan fingerprint density at radius 3 is 0.429 bits per heavy atom. The summed E-state index contributed by atoms with van der Waals surface area (Å²) in [6.45, 7) is 0. The summed E-state index contributed by atoms with van der Waals surface area (Å²) in [5, 5.41) is 42.7. The molecule has 0 aromatic heterocycles. The Morgan fingerprint density at radius 2 is 0.250 bits per heavy atom. The minimum atomic E-state index is 1.30. The summed E-state index contributed by atoms with van der Waals surface area (Å²) in [5.41, 5.74) is 0. The molecule has 0 aliphatic heterocycles. The van der Waals surface area contributed by atoms with Gasteiger partial charge in [-0.15, -0.1) is 0 Å². The van der Waals surface area contributed by atoms with E-state index in [2.05, 4.69) is 315 Å². The van der Waals surface area contributed by atoms with Crippen LogP contribution in [0, 0.1) is 0 Å². The zero-order chi connectivity index (χ0) is 55.2. The third kappa shape index (κ3) is 7.84. The van der Waals surface area contributed by atoms with Crippen molar-refractivity contribution in [3.63, 3.8) is 0 Å². The second-order valence-electron chi connectivity index (χ2n) is 22.7. The van der Waals surface area contributed by atoms with Crippen molar-refractivity contribution in [3.05, 3.63) is 315 Å². The molecule has 0 nitrogen and oxygen atoms in total. The molecule has 20 aromatic rings. The lowest BCUT2D eigenvalue weighted by Gasteiger charge is -2.13. The lowest BCUT2D eigenvalue weighted by atomic mass is 9.90. The summed E-state index contributed by atoms with van der Waals surface area (Å²) >= 11 is 0. The Kier molecular flexibility index (Phi) is 11.0. The van der Waals surface area contributed by atoms with E-state index in [1.165, 1.54) is 172 Å². The van der Waals surface area contributed by atoms with Crippen molar-refractivity contribution < 1.29 is 0 Å². The molecule has 20 rings (SSSR count). The molecule has 0 fully saturated rings. The van der Waals surface area contributed by atoms with Gasteiger partial charge < -0.3 is 0 Å². The first-order valence-electron chi connectivity index (χ1n) is 29.2. The highest BCUT2D eigenvalue weighted by molar-refractivity contribution is 6.34.